The van der Waals surface area contributed by atoms with Crippen molar-refractivity contribution in [2.24, 2.45) is 5.92 Å². The van der Waals surface area contributed by atoms with E-state index in [2.05, 4.69) is 23.9 Å². The van der Waals surface area contributed by atoms with Gasteiger partial charge in [0.2, 0.25) is 0 Å². The van der Waals surface area contributed by atoms with Crippen molar-refractivity contribution in [1.82, 2.24) is 14.8 Å². The molecule has 3 atom stereocenters. The van der Waals surface area contributed by atoms with E-state index >= 15 is 0 Å². The molecule has 1 aliphatic rings. The zero-order valence-corrected chi connectivity index (χ0v) is 11.7. The topological polar surface area (TPSA) is 39.9 Å². The smallest absolute Gasteiger partial charge is 0.137 e. The Morgan fingerprint density at radius 3 is 2.58 bits per heavy atom. The fourth-order valence-corrected chi connectivity index (χ4v) is 2.86. The molecule has 0 aliphatic carbocycles. The number of hydrogen-bond donors (Lipinski definition) is 0. The number of aromatic nitrogens is 3. The van der Waals surface area contributed by atoms with Crippen molar-refractivity contribution >= 4 is 11.6 Å². The Bertz CT molecular complexity index is 555. The van der Waals surface area contributed by atoms with Gasteiger partial charge in [0.25, 0.3) is 0 Å². The van der Waals surface area contributed by atoms with Crippen LogP contribution in [0.25, 0.3) is 0 Å². The summed E-state index contributed by atoms with van der Waals surface area (Å²) in [7, 11) is 0. The van der Waals surface area contributed by atoms with Gasteiger partial charge in [0, 0.05) is 10.9 Å². The Kier molecular flexibility index (Phi) is 3.07. The van der Waals surface area contributed by atoms with Crippen LogP contribution >= 0.6 is 11.6 Å². The van der Waals surface area contributed by atoms with Gasteiger partial charge in [0.05, 0.1) is 12.6 Å². The molecular formula is C14H16ClN3O. The van der Waals surface area contributed by atoms with Crippen LogP contribution in [0.5, 0.6) is 0 Å². The molecule has 0 radical (unpaired) electrons. The number of ether oxygens (including phenoxy) is 1. The first kappa shape index (κ1) is 12.6. The largest absolute Gasteiger partial charge is 0.365 e. The second-order valence-electron chi connectivity index (χ2n) is 5.10. The van der Waals surface area contributed by atoms with E-state index in [0.717, 1.165) is 10.6 Å². The van der Waals surface area contributed by atoms with E-state index in [4.69, 9.17) is 16.3 Å². The third-order valence-corrected chi connectivity index (χ3v) is 4.28. The van der Waals surface area contributed by atoms with E-state index in [1.807, 2.05) is 28.9 Å². The van der Waals surface area contributed by atoms with Gasteiger partial charge in [0.15, 0.2) is 0 Å². The van der Waals surface area contributed by atoms with Crippen LogP contribution in [0.15, 0.2) is 36.9 Å². The second-order valence-corrected chi connectivity index (χ2v) is 5.54. The summed E-state index contributed by atoms with van der Waals surface area (Å²) in [5, 5.41) is 4.92. The quantitative estimate of drug-likeness (QED) is 0.866. The molecule has 0 amide bonds. The third-order valence-electron chi connectivity index (χ3n) is 4.03. The summed E-state index contributed by atoms with van der Waals surface area (Å²) < 4.78 is 7.92. The molecule has 0 spiro atoms. The van der Waals surface area contributed by atoms with Gasteiger partial charge in [0.1, 0.15) is 18.3 Å². The maximum absolute atomic E-state index is 6.11. The van der Waals surface area contributed by atoms with E-state index in [1.165, 1.54) is 0 Å². The Balaban J connectivity index is 1.96. The highest BCUT2D eigenvalue weighted by atomic mass is 35.5. The van der Waals surface area contributed by atoms with Crippen molar-refractivity contribution in [3.05, 3.63) is 47.5 Å². The highest BCUT2D eigenvalue weighted by Crippen LogP contribution is 2.48. The summed E-state index contributed by atoms with van der Waals surface area (Å²) in [5.74, 6) is 0.415. The zero-order chi connectivity index (χ0) is 13.5. The number of nitrogens with zero attached hydrogens (tertiary/aromatic N) is 3. The molecule has 100 valence electrons. The molecule has 3 rings (SSSR count). The van der Waals surface area contributed by atoms with Crippen LogP contribution in [0.2, 0.25) is 5.02 Å². The van der Waals surface area contributed by atoms with Crippen molar-refractivity contribution in [3.63, 3.8) is 0 Å². The van der Waals surface area contributed by atoms with E-state index in [-0.39, 0.29) is 11.7 Å². The van der Waals surface area contributed by atoms with Crippen LogP contribution in [0.1, 0.15) is 19.4 Å². The summed E-state index contributed by atoms with van der Waals surface area (Å²) >= 11 is 5.96. The molecule has 1 aromatic heterocycles. The highest BCUT2D eigenvalue weighted by Gasteiger charge is 2.52. The summed E-state index contributed by atoms with van der Waals surface area (Å²) in [5.41, 5.74) is 0.801. The molecular weight excluding hydrogens is 262 g/mol. The van der Waals surface area contributed by atoms with Crippen LogP contribution in [0.3, 0.4) is 0 Å². The van der Waals surface area contributed by atoms with Crippen LogP contribution in [-0.4, -0.2) is 20.9 Å². The van der Waals surface area contributed by atoms with E-state index < -0.39 is 0 Å². The lowest BCUT2D eigenvalue weighted by Crippen LogP contribution is -2.57. The van der Waals surface area contributed by atoms with Crippen LogP contribution in [0.4, 0.5) is 0 Å². The Labute approximate surface area is 117 Å². The van der Waals surface area contributed by atoms with E-state index in [1.54, 1.807) is 12.7 Å². The van der Waals surface area contributed by atoms with Gasteiger partial charge < -0.3 is 4.74 Å². The minimum Gasteiger partial charge on any atom is -0.365 e. The van der Waals surface area contributed by atoms with Crippen LogP contribution in [-0.2, 0) is 16.9 Å². The van der Waals surface area contributed by atoms with Gasteiger partial charge in [-0.3, -0.25) is 0 Å². The summed E-state index contributed by atoms with van der Waals surface area (Å²) in [6, 6.07) is 7.86. The molecule has 2 heterocycles. The lowest BCUT2D eigenvalue weighted by molar-refractivity contribution is -0.263. The van der Waals surface area contributed by atoms with Gasteiger partial charge in [-0.05, 0) is 24.6 Å². The number of halogens is 1. The standard InChI is InChI=1S/C14H16ClN3O/c1-10-11(2)19-14(10,7-18-9-16-8-17-18)12-3-5-13(15)6-4-12/h3-6,8-11H,7H2,1-2H3/t10?,11-,14?/m1/s1. The van der Waals surface area contributed by atoms with Gasteiger partial charge in [-0.15, -0.1) is 0 Å². The molecule has 19 heavy (non-hydrogen) atoms. The second kappa shape index (κ2) is 4.62. The highest BCUT2D eigenvalue weighted by molar-refractivity contribution is 6.30. The van der Waals surface area contributed by atoms with Gasteiger partial charge in [-0.1, -0.05) is 30.7 Å². The van der Waals surface area contributed by atoms with Crippen LogP contribution < -0.4 is 0 Å². The van der Waals surface area contributed by atoms with Gasteiger partial charge >= 0.3 is 0 Å². The van der Waals surface area contributed by atoms with Crippen molar-refractivity contribution in [2.45, 2.75) is 32.1 Å². The number of benzene rings is 1. The molecule has 1 aromatic carbocycles. The van der Waals surface area contributed by atoms with Crippen molar-refractivity contribution in [3.8, 4) is 0 Å². The summed E-state index contributed by atoms with van der Waals surface area (Å²) in [6.45, 7) is 4.97. The maximum Gasteiger partial charge on any atom is 0.137 e. The van der Waals surface area contributed by atoms with Crippen molar-refractivity contribution < 1.29 is 4.74 Å². The Hall–Kier alpha value is -1.39. The molecule has 0 bridgehead atoms. The Morgan fingerprint density at radius 1 is 1.32 bits per heavy atom. The lowest BCUT2D eigenvalue weighted by atomic mass is 9.74. The molecule has 1 aliphatic heterocycles. The third kappa shape index (κ3) is 2.05. The molecule has 0 saturated carbocycles. The molecule has 0 N–H and O–H groups in total. The predicted molar refractivity (Wildman–Crippen MR) is 72.9 cm³/mol. The fourth-order valence-electron chi connectivity index (χ4n) is 2.74. The first-order chi connectivity index (χ1) is 9.12. The molecule has 4 nitrogen and oxygen atoms in total. The SMILES string of the molecule is CC1[C@@H](C)OC1(Cn1cncn1)c1ccc(Cl)cc1. The normalized spacial score (nSPS) is 30.1. The monoisotopic (exact) mass is 277 g/mol. The van der Waals surface area contributed by atoms with Crippen LogP contribution in [0, 0.1) is 5.92 Å². The summed E-state index contributed by atoms with van der Waals surface area (Å²) in [6.07, 6.45) is 3.51. The molecule has 2 unspecified atom stereocenters. The molecule has 1 saturated heterocycles. The van der Waals surface area contributed by atoms with Crippen molar-refractivity contribution in [2.75, 3.05) is 0 Å². The van der Waals surface area contributed by atoms with Gasteiger partial charge in [-0.25, -0.2) is 9.67 Å². The average Bonchev–Trinajstić information content (AvgIpc) is 2.91. The first-order valence-corrected chi connectivity index (χ1v) is 6.76. The lowest BCUT2D eigenvalue weighted by Gasteiger charge is -2.53. The minimum absolute atomic E-state index is 0.249. The van der Waals surface area contributed by atoms with E-state index in [0.29, 0.717) is 12.5 Å². The zero-order valence-electron chi connectivity index (χ0n) is 11.0. The summed E-state index contributed by atoms with van der Waals surface area (Å²) in [4.78, 5) is 3.99. The number of hydrogen-bond acceptors (Lipinski definition) is 3. The molecule has 2 aromatic rings. The maximum atomic E-state index is 6.11. The predicted octanol–water partition coefficient (Wildman–Crippen LogP) is 2.88. The van der Waals surface area contributed by atoms with E-state index in [9.17, 15) is 0 Å². The molecule has 5 heteroatoms. The Morgan fingerprint density at radius 2 is 2.05 bits per heavy atom. The first-order valence-electron chi connectivity index (χ1n) is 6.38. The minimum atomic E-state index is -0.336. The fraction of sp³-hybridized carbons (Fsp3) is 0.429. The van der Waals surface area contributed by atoms with Gasteiger partial charge in [-0.2, -0.15) is 5.10 Å². The average molecular weight is 278 g/mol. The van der Waals surface area contributed by atoms with Crippen molar-refractivity contribution in [1.29, 1.82) is 0 Å². The number of rotatable bonds is 3. The molecule has 1 fully saturated rings.